The Labute approximate surface area is 95.0 Å². The van der Waals surface area contributed by atoms with Gasteiger partial charge in [0.25, 0.3) is 5.89 Å². The van der Waals surface area contributed by atoms with E-state index in [1.165, 1.54) is 0 Å². The van der Waals surface area contributed by atoms with Crippen LogP contribution < -0.4 is 5.32 Å². The highest BCUT2D eigenvalue weighted by atomic mass is 79.9. The van der Waals surface area contributed by atoms with E-state index < -0.39 is 0 Å². The van der Waals surface area contributed by atoms with Crippen LogP contribution in [0, 0.1) is 0 Å². The fraction of sp³-hybridized carbons (Fsp3) is 0.333. The van der Waals surface area contributed by atoms with Crippen molar-refractivity contribution in [2.45, 2.75) is 13.0 Å². The molecule has 0 aliphatic carbocycles. The first kappa shape index (κ1) is 10.4. The number of halogens is 1. The summed E-state index contributed by atoms with van der Waals surface area (Å²) in [6, 6.07) is 1.81. The standard InChI is InChI=1S/C9H10BrN3O2/c1-5(11-2)8-12-13-9(15-8)6-3-4-14-7(6)10/h3-5,11H,1-2H3. The minimum Gasteiger partial charge on any atom is -0.457 e. The quantitative estimate of drug-likeness (QED) is 0.929. The summed E-state index contributed by atoms with van der Waals surface area (Å²) in [5.41, 5.74) is 0.761. The summed E-state index contributed by atoms with van der Waals surface area (Å²) < 4.78 is 11.2. The highest BCUT2D eigenvalue weighted by molar-refractivity contribution is 9.10. The van der Waals surface area contributed by atoms with Crippen LogP contribution in [-0.2, 0) is 0 Å². The number of nitrogens with one attached hydrogen (secondary N) is 1. The molecule has 15 heavy (non-hydrogen) atoms. The van der Waals surface area contributed by atoms with Crippen molar-refractivity contribution in [3.05, 3.63) is 22.9 Å². The molecule has 0 saturated carbocycles. The third-order valence-electron chi connectivity index (χ3n) is 2.09. The van der Waals surface area contributed by atoms with Crippen LogP contribution in [0.15, 0.2) is 25.8 Å². The number of furan rings is 1. The number of rotatable bonds is 3. The minimum atomic E-state index is 0.0388. The van der Waals surface area contributed by atoms with Crippen molar-refractivity contribution < 1.29 is 8.83 Å². The molecule has 2 heterocycles. The van der Waals surface area contributed by atoms with Gasteiger partial charge in [0.1, 0.15) is 0 Å². The molecule has 1 atom stereocenters. The molecular formula is C9H10BrN3O2. The van der Waals surface area contributed by atoms with Crippen LogP contribution in [-0.4, -0.2) is 17.2 Å². The highest BCUT2D eigenvalue weighted by Crippen LogP contribution is 2.28. The van der Waals surface area contributed by atoms with Gasteiger partial charge < -0.3 is 14.2 Å². The predicted molar refractivity (Wildman–Crippen MR) is 57.2 cm³/mol. The molecule has 0 saturated heterocycles. The Hall–Kier alpha value is -1.14. The molecule has 6 heteroatoms. The first-order valence-electron chi connectivity index (χ1n) is 4.46. The lowest BCUT2D eigenvalue weighted by Gasteiger charge is -2.01. The molecule has 0 bridgehead atoms. The van der Waals surface area contributed by atoms with Gasteiger partial charge in [0.2, 0.25) is 5.89 Å². The van der Waals surface area contributed by atoms with Crippen molar-refractivity contribution in [1.29, 1.82) is 0 Å². The smallest absolute Gasteiger partial charge is 0.252 e. The van der Waals surface area contributed by atoms with E-state index in [-0.39, 0.29) is 6.04 Å². The average molecular weight is 272 g/mol. The zero-order chi connectivity index (χ0) is 10.8. The fourth-order valence-electron chi connectivity index (χ4n) is 1.09. The first-order valence-corrected chi connectivity index (χ1v) is 5.25. The van der Waals surface area contributed by atoms with Crippen LogP contribution in [0.3, 0.4) is 0 Å². The summed E-state index contributed by atoms with van der Waals surface area (Å²) in [5, 5.41) is 10.9. The summed E-state index contributed by atoms with van der Waals surface area (Å²) in [4.78, 5) is 0. The van der Waals surface area contributed by atoms with Crippen molar-refractivity contribution in [2.75, 3.05) is 7.05 Å². The molecule has 2 aromatic rings. The van der Waals surface area contributed by atoms with Crippen molar-refractivity contribution >= 4 is 15.9 Å². The Balaban J connectivity index is 2.32. The van der Waals surface area contributed by atoms with Crippen LogP contribution in [0.2, 0.25) is 0 Å². The third-order valence-corrected chi connectivity index (χ3v) is 2.71. The molecule has 0 amide bonds. The van der Waals surface area contributed by atoms with E-state index in [2.05, 4.69) is 31.4 Å². The zero-order valence-electron chi connectivity index (χ0n) is 8.32. The Bertz CT molecular complexity index is 452. The first-order chi connectivity index (χ1) is 7.22. The topological polar surface area (TPSA) is 64.1 Å². The average Bonchev–Trinajstić information content (AvgIpc) is 2.84. The third kappa shape index (κ3) is 1.95. The van der Waals surface area contributed by atoms with E-state index >= 15 is 0 Å². The molecule has 5 nitrogen and oxygen atoms in total. The van der Waals surface area contributed by atoms with Gasteiger partial charge in [-0.05, 0) is 36.0 Å². The Morgan fingerprint density at radius 1 is 1.47 bits per heavy atom. The van der Waals surface area contributed by atoms with Gasteiger partial charge in [0.05, 0.1) is 17.9 Å². The predicted octanol–water partition coefficient (Wildman–Crippen LogP) is 2.37. The van der Waals surface area contributed by atoms with E-state index in [1.807, 2.05) is 14.0 Å². The molecule has 0 radical (unpaired) electrons. The zero-order valence-corrected chi connectivity index (χ0v) is 9.91. The summed E-state index contributed by atoms with van der Waals surface area (Å²) in [7, 11) is 1.84. The van der Waals surface area contributed by atoms with Crippen LogP contribution in [0.5, 0.6) is 0 Å². The van der Waals surface area contributed by atoms with Gasteiger partial charge >= 0.3 is 0 Å². The second kappa shape index (κ2) is 4.16. The molecular weight excluding hydrogens is 262 g/mol. The summed E-state index contributed by atoms with van der Waals surface area (Å²) in [6.45, 7) is 1.95. The van der Waals surface area contributed by atoms with Gasteiger partial charge in [-0.25, -0.2) is 0 Å². The molecule has 0 aliphatic heterocycles. The largest absolute Gasteiger partial charge is 0.457 e. The maximum absolute atomic E-state index is 5.49. The van der Waals surface area contributed by atoms with Crippen LogP contribution in [0.25, 0.3) is 11.5 Å². The van der Waals surface area contributed by atoms with Gasteiger partial charge in [-0.2, -0.15) is 0 Å². The lowest BCUT2D eigenvalue weighted by Crippen LogP contribution is -2.12. The lowest BCUT2D eigenvalue weighted by atomic mass is 10.3. The summed E-state index contributed by atoms with van der Waals surface area (Å²) in [5.74, 6) is 1.01. The molecule has 2 aromatic heterocycles. The second-order valence-corrected chi connectivity index (χ2v) is 3.78. The molecule has 0 aromatic carbocycles. The van der Waals surface area contributed by atoms with Crippen LogP contribution >= 0.6 is 15.9 Å². The van der Waals surface area contributed by atoms with Crippen molar-refractivity contribution in [1.82, 2.24) is 15.5 Å². The van der Waals surface area contributed by atoms with Gasteiger partial charge in [0.15, 0.2) is 4.67 Å². The normalized spacial score (nSPS) is 13.0. The Morgan fingerprint density at radius 2 is 2.27 bits per heavy atom. The molecule has 0 fully saturated rings. The van der Waals surface area contributed by atoms with Gasteiger partial charge in [-0.3, -0.25) is 0 Å². The number of aromatic nitrogens is 2. The van der Waals surface area contributed by atoms with Crippen molar-refractivity contribution in [3.63, 3.8) is 0 Å². The van der Waals surface area contributed by atoms with Crippen LogP contribution in [0.4, 0.5) is 0 Å². The van der Waals surface area contributed by atoms with Gasteiger partial charge in [0, 0.05) is 0 Å². The molecule has 80 valence electrons. The molecule has 1 N–H and O–H groups in total. The molecule has 0 aliphatic rings. The van der Waals surface area contributed by atoms with Gasteiger partial charge in [-0.1, -0.05) is 0 Å². The number of hydrogen-bond acceptors (Lipinski definition) is 5. The maximum atomic E-state index is 5.49. The molecule has 0 spiro atoms. The number of nitrogens with zero attached hydrogens (tertiary/aromatic N) is 2. The number of hydrogen-bond donors (Lipinski definition) is 1. The van der Waals surface area contributed by atoms with E-state index in [4.69, 9.17) is 8.83 Å². The fourth-order valence-corrected chi connectivity index (χ4v) is 1.50. The SMILES string of the molecule is CNC(C)c1nnc(-c2ccoc2Br)o1. The maximum Gasteiger partial charge on any atom is 0.252 e. The van der Waals surface area contributed by atoms with E-state index in [9.17, 15) is 0 Å². The lowest BCUT2D eigenvalue weighted by molar-refractivity contribution is 0.440. The van der Waals surface area contributed by atoms with Gasteiger partial charge in [-0.15, -0.1) is 10.2 Å². The summed E-state index contributed by atoms with van der Waals surface area (Å²) >= 11 is 3.26. The second-order valence-electron chi connectivity index (χ2n) is 3.06. The van der Waals surface area contributed by atoms with Crippen LogP contribution in [0.1, 0.15) is 18.9 Å². The van der Waals surface area contributed by atoms with E-state index in [0.29, 0.717) is 16.5 Å². The monoisotopic (exact) mass is 271 g/mol. The highest BCUT2D eigenvalue weighted by Gasteiger charge is 2.16. The summed E-state index contributed by atoms with van der Waals surface area (Å²) in [6.07, 6.45) is 1.56. The Kier molecular flexibility index (Phi) is 2.88. The Morgan fingerprint density at radius 3 is 2.87 bits per heavy atom. The van der Waals surface area contributed by atoms with Crippen molar-refractivity contribution in [2.24, 2.45) is 0 Å². The molecule has 2 rings (SSSR count). The van der Waals surface area contributed by atoms with E-state index in [1.54, 1.807) is 12.3 Å². The van der Waals surface area contributed by atoms with E-state index in [0.717, 1.165) is 5.56 Å². The molecule has 1 unspecified atom stereocenters. The van der Waals surface area contributed by atoms with Crippen molar-refractivity contribution in [3.8, 4) is 11.5 Å². The minimum absolute atomic E-state index is 0.0388.